The lowest BCUT2D eigenvalue weighted by molar-refractivity contribution is -0.407. The van der Waals surface area contributed by atoms with Crippen molar-refractivity contribution in [2.24, 2.45) is 0 Å². The SMILES string of the molecule is CN(C(N(C)c1ccccc1)=[N+](C)c1ccccc1)c1ccccc1. The molecule has 0 aliphatic heterocycles. The van der Waals surface area contributed by atoms with Crippen LogP contribution in [-0.2, 0) is 0 Å². The first-order chi connectivity index (χ1) is 12.2. The maximum absolute atomic E-state index is 2.21. The molecule has 0 heterocycles. The second-order valence-corrected chi connectivity index (χ2v) is 5.98. The summed E-state index contributed by atoms with van der Waals surface area (Å²) in [6, 6.07) is 31.2. The number of anilines is 2. The lowest BCUT2D eigenvalue weighted by Gasteiger charge is -2.25. The molecule has 0 amide bonds. The summed E-state index contributed by atoms with van der Waals surface area (Å²) < 4.78 is 2.21. The zero-order valence-corrected chi connectivity index (χ0v) is 15.0. The van der Waals surface area contributed by atoms with E-state index in [2.05, 4.69) is 108 Å². The Labute approximate surface area is 150 Å². The van der Waals surface area contributed by atoms with Crippen LogP contribution in [-0.4, -0.2) is 31.7 Å². The fourth-order valence-electron chi connectivity index (χ4n) is 2.98. The fraction of sp³-hybridized carbons (Fsp3) is 0.136. The van der Waals surface area contributed by atoms with Gasteiger partial charge in [0, 0.05) is 0 Å². The van der Waals surface area contributed by atoms with Gasteiger partial charge >= 0.3 is 5.96 Å². The summed E-state index contributed by atoms with van der Waals surface area (Å²) in [5, 5.41) is 0. The standard InChI is InChI=1S/C22H24N3/c1-23(19-13-7-4-8-14-19)22(24(2)20-15-9-5-10-16-20)25(3)21-17-11-6-12-18-21/h4-18H,1-3H3/q+1. The van der Waals surface area contributed by atoms with Crippen molar-refractivity contribution in [3.63, 3.8) is 0 Å². The van der Waals surface area contributed by atoms with Crippen molar-refractivity contribution in [1.29, 1.82) is 0 Å². The maximum Gasteiger partial charge on any atom is 0.364 e. The summed E-state index contributed by atoms with van der Waals surface area (Å²) in [6.07, 6.45) is 0. The Morgan fingerprint density at radius 1 is 0.600 bits per heavy atom. The lowest BCUT2D eigenvalue weighted by atomic mass is 10.2. The van der Waals surface area contributed by atoms with Gasteiger partial charge in [-0.05, 0) is 36.4 Å². The smallest absolute Gasteiger partial charge is 0.234 e. The van der Waals surface area contributed by atoms with E-state index in [-0.39, 0.29) is 0 Å². The number of hydrogen-bond donors (Lipinski definition) is 0. The van der Waals surface area contributed by atoms with Crippen LogP contribution in [0.25, 0.3) is 0 Å². The highest BCUT2D eigenvalue weighted by atomic mass is 15.4. The van der Waals surface area contributed by atoms with E-state index in [1.165, 1.54) is 0 Å². The molecule has 0 aliphatic rings. The fourth-order valence-corrected chi connectivity index (χ4v) is 2.98. The summed E-state index contributed by atoms with van der Waals surface area (Å²) in [5.41, 5.74) is 3.43. The molecule has 0 fully saturated rings. The van der Waals surface area contributed by atoms with E-state index in [1.807, 2.05) is 18.2 Å². The Morgan fingerprint density at radius 2 is 0.960 bits per heavy atom. The molecule has 0 radical (unpaired) electrons. The molecule has 3 nitrogen and oxygen atoms in total. The van der Waals surface area contributed by atoms with E-state index in [0.29, 0.717) is 0 Å². The molecule has 3 aromatic rings. The summed E-state index contributed by atoms with van der Waals surface area (Å²) >= 11 is 0. The van der Waals surface area contributed by atoms with Gasteiger partial charge in [-0.2, -0.15) is 0 Å². The highest BCUT2D eigenvalue weighted by Gasteiger charge is 2.26. The van der Waals surface area contributed by atoms with E-state index in [4.69, 9.17) is 0 Å². The van der Waals surface area contributed by atoms with Crippen molar-refractivity contribution in [2.45, 2.75) is 0 Å². The van der Waals surface area contributed by atoms with Crippen molar-refractivity contribution >= 4 is 23.0 Å². The zero-order valence-electron chi connectivity index (χ0n) is 15.0. The second-order valence-electron chi connectivity index (χ2n) is 5.98. The van der Waals surface area contributed by atoms with E-state index in [1.54, 1.807) is 0 Å². The van der Waals surface area contributed by atoms with Gasteiger partial charge in [0.05, 0.1) is 21.1 Å². The third kappa shape index (κ3) is 3.72. The lowest BCUT2D eigenvalue weighted by Crippen LogP contribution is -2.45. The van der Waals surface area contributed by atoms with Gasteiger partial charge in [-0.25, -0.2) is 14.4 Å². The molecule has 0 atom stereocenters. The average Bonchev–Trinajstić information content (AvgIpc) is 2.70. The molecule has 0 saturated heterocycles. The molecule has 0 bridgehead atoms. The van der Waals surface area contributed by atoms with Crippen molar-refractivity contribution in [3.05, 3.63) is 91.0 Å². The monoisotopic (exact) mass is 330 g/mol. The molecule has 0 aromatic heterocycles. The van der Waals surface area contributed by atoms with Gasteiger partial charge in [-0.15, -0.1) is 0 Å². The van der Waals surface area contributed by atoms with Gasteiger partial charge in [-0.3, -0.25) is 0 Å². The molecular weight excluding hydrogens is 306 g/mol. The quantitative estimate of drug-likeness (QED) is 0.395. The Morgan fingerprint density at radius 3 is 1.36 bits per heavy atom. The van der Waals surface area contributed by atoms with E-state index >= 15 is 0 Å². The second kappa shape index (κ2) is 7.67. The minimum atomic E-state index is 1.07. The summed E-state index contributed by atoms with van der Waals surface area (Å²) in [5.74, 6) is 1.07. The van der Waals surface area contributed by atoms with Crippen molar-refractivity contribution in [1.82, 2.24) is 0 Å². The van der Waals surface area contributed by atoms with E-state index in [0.717, 1.165) is 23.0 Å². The number of guanidine groups is 1. The largest absolute Gasteiger partial charge is 0.364 e. The molecule has 0 unspecified atom stereocenters. The van der Waals surface area contributed by atoms with Crippen LogP contribution in [0.2, 0.25) is 0 Å². The molecular formula is C22H24N3+. The van der Waals surface area contributed by atoms with Gasteiger partial charge in [0.2, 0.25) is 0 Å². The van der Waals surface area contributed by atoms with Gasteiger partial charge in [0.1, 0.15) is 17.1 Å². The predicted octanol–water partition coefficient (Wildman–Crippen LogP) is 4.59. The summed E-state index contributed by atoms with van der Waals surface area (Å²) in [7, 11) is 6.30. The molecule has 25 heavy (non-hydrogen) atoms. The Kier molecular flexibility index (Phi) is 5.14. The molecule has 0 spiro atoms. The molecule has 0 saturated carbocycles. The van der Waals surface area contributed by atoms with Crippen LogP contribution in [0.4, 0.5) is 17.1 Å². The van der Waals surface area contributed by atoms with Crippen LogP contribution in [0.5, 0.6) is 0 Å². The number of para-hydroxylation sites is 3. The van der Waals surface area contributed by atoms with Gasteiger partial charge in [0.15, 0.2) is 0 Å². The van der Waals surface area contributed by atoms with E-state index < -0.39 is 0 Å². The van der Waals surface area contributed by atoms with Crippen LogP contribution in [0.3, 0.4) is 0 Å². The molecule has 3 rings (SSSR count). The summed E-state index contributed by atoms with van der Waals surface area (Å²) in [6.45, 7) is 0. The maximum atomic E-state index is 2.21. The first-order valence-corrected chi connectivity index (χ1v) is 8.42. The normalized spacial score (nSPS) is 10.2. The van der Waals surface area contributed by atoms with Crippen LogP contribution >= 0.6 is 0 Å². The van der Waals surface area contributed by atoms with Gasteiger partial charge in [0.25, 0.3) is 0 Å². The third-order valence-electron chi connectivity index (χ3n) is 4.33. The topological polar surface area (TPSA) is 9.49 Å². The average molecular weight is 330 g/mol. The minimum Gasteiger partial charge on any atom is -0.234 e. The van der Waals surface area contributed by atoms with Gasteiger partial charge in [-0.1, -0.05) is 54.6 Å². The van der Waals surface area contributed by atoms with Crippen molar-refractivity contribution < 1.29 is 4.58 Å². The number of benzene rings is 3. The van der Waals surface area contributed by atoms with Crippen molar-refractivity contribution in [2.75, 3.05) is 30.9 Å². The Hall–Kier alpha value is -3.07. The third-order valence-corrected chi connectivity index (χ3v) is 4.33. The van der Waals surface area contributed by atoms with Gasteiger partial charge < -0.3 is 0 Å². The Balaban J connectivity index is 2.12. The number of nitrogens with zero attached hydrogens (tertiary/aromatic N) is 3. The first kappa shape index (κ1) is 16.8. The molecule has 126 valence electrons. The first-order valence-electron chi connectivity index (χ1n) is 8.42. The molecule has 3 heteroatoms. The Bertz CT molecular complexity index is 779. The highest BCUT2D eigenvalue weighted by Crippen LogP contribution is 2.20. The van der Waals surface area contributed by atoms with Crippen LogP contribution in [0.1, 0.15) is 0 Å². The van der Waals surface area contributed by atoms with Crippen LogP contribution in [0.15, 0.2) is 91.0 Å². The molecule has 3 aromatic carbocycles. The van der Waals surface area contributed by atoms with E-state index in [9.17, 15) is 0 Å². The van der Waals surface area contributed by atoms with Crippen molar-refractivity contribution in [3.8, 4) is 0 Å². The zero-order chi connectivity index (χ0) is 17.6. The molecule has 0 N–H and O–H groups in total. The highest BCUT2D eigenvalue weighted by molar-refractivity contribution is 6.03. The van der Waals surface area contributed by atoms with Crippen LogP contribution < -0.4 is 9.80 Å². The minimum absolute atomic E-state index is 1.07. The summed E-state index contributed by atoms with van der Waals surface area (Å²) in [4.78, 5) is 4.42. The predicted molar refractivity (Wildman–Crippen MR) is 107 cm³/mol. The van der Waals surface area contributed by atoms with Crippen LogP contribution in [0, 0.1) is 0 Å². The number of hydrogen-bond acceptors (Lipinski definition) is 0. The number of rotatable bonds is 3. The molecule has 0 aliphatic carbocycles.